The van der Waals surface area contributed by atoms with Crippen LogP contribution in [0, 0.1) is 16.7 Å². The van der Waals surface area contributed by atoms with Gasteiger partial charge in [-0.2, -0.15) is 0 Å². The summed E-state index contributed by atoms with van der Waals surface area (Å²) in [6.45, 7) is 4.98. The zero-order valence-corrected chi connectivity index (χ0v) is 24.2. The van der Waals surface area contributed by atoms with E-state index >= 15 is 0 Å². The van der Waals surface area contributed by atoms with Crippen LogP contribution in [-0.2, 0) is 16.9 Å². The molecule has 0 atom stereocenters. The second-order valence-electron chi connectivity index (χ2n) is 10.9. The number of pyridine rings is 1. The van der Waals surface area contributed by atoms with Crippen LogP contribution in [0.1, 0.15) is 73.1 Å². The zero-order valence-electron chi connectivity index (χ0n) is 23.4. The number of hydrogen-bond donors (Lipinski definition) is 3. The van der Waals surface area contributed by atoms with Crippen LogP contribution in [0.3, 0.4) is 0 Å². The van der Waals surface area contributed by atoms with Crippen LogP contribution >= 0.6 is 11.8 Å². The van der Waals surface area contributed by atoms with E-state index in [1.165, 1.54) is 0 Å². The molecule has 41 heavy (non-hydrogen) atoms. The maximum atomic E-state index is 13.5. The maximum absolute atomic E-state index is 13.5. The number of aromatic nitrogens is 1. The van der Waals surface area contributed by atoms with E-state index in [2.05, 4.69) is 10.3 Å². The Morgan fingerprint density at radius 3 is 2.44 bits per heavy atom. The molecular formula is C32H35N5O3S. The number of hydrogen-bond acceptors (Lipinski definition) is 7. The molecule has 1 saturated carbocycles. The van der Waals surface area contributed by atoms with E-state index in [1.54, 1.807) is 42.6 Å². The van der Waals surface area contributed by atoms with Gasteiger partial charge < -0.3 is 15.0 Å². The number of rotatable bonds is 9. The van der Waals surface area contributed by atoms with Crippen molar-refractivity contribution in [2.45, 2.75) is 58.0 Å². The van der Waals surface area contributed by atoms with Crippen LogP contribution in [0.5, 0.6) is 11.5 Å². The number of thioether (sulfide) groups is 1. The fourth-order valence-corrected chi connectivity index (χ4v) is 5.71. The Balaban J connectivity index is 1.38. The summed E-state index contributed by atoms with van der Waals surface area (Å²) in [5.74, 6) is 1.05. The minimum Gasteiger partial charge on any atom is -0.457 e. The van der Waals surface area contributed by atoms with E-state index in [0.717, 1.165) is 48.7 Å². The van der Waals surface area contributed by atoms with Crippen LogP contribution in [0.2, 0.25) is 0 Å². The fraction of sp³-hybridized carbons (Fsp3) is 0.344. The zero-order chi connectivity index (χ0) is 29.0. The van der Waals surface area contributed by atoms with Crippen LogP contribution in [0.25, 0.3) is 0 Å². The van der Waals surface area contributed by atoms with Crippen LogP contribution < -0.4 is 10.1 Å². The summed E-state index contributed by atoms with van der Waals surface area (Å²) >= 11 is 1.14. The molecule has 2 aliphatic rings. The lowest BCUT2D eigenvalue weighted by molar-refractivity contribution is -0.128. The molecule has 2 heterocycles. The normalized spacial score (nSPS) is 15.9. The number of nitrogens with zero attached hydrogens (tertiary/aromatic N) is 2. The molecule has 2 fully saturated rings. The highest BCUT2D eigenvalue weighted by molar-refractivity contribution is 8.26. The Morgan fingerprint density at radius 1 is 1.07 bits per heavy atom. The van der Waals surface area contributed by atoms with Crippen molar-refractivity contribution < 1.29 is 14.3 Å². The first-order valence-electron chi connectivity index (χ1n) is 14.0. The molecule has 2 amide bonds. The highest BCUT2D eigenvalue weighted by Crippen LogP contribution is 2.40. The van der Waals surface area contributed by atoms with Crippen molar-refractivity contribution in [3.05, 3.63) is 89.2 Å². The first-order chi connectivity index (χ1) is 19.7. The van der Waals surface area contributed by atoms with E-state index in [9.17, 15) is 9.59 Å². The van der Waals surface area contributed by atoms with Crippen LogP contribution in [0.4, 0.5) is 0 Å². The summed E-state index contributed by atoms with van der Waals surface area (Å²) in [5, 5.41) is 20.4. The quantitative estimate of drug-likeness (QED) is 0.201. The predicted molar refractivity (Wildman–Crippen MR) is 162 cm³/mol. The van der Waals surface area contributed by atoms with E-state index in [4.69, 9.17) is 15.6 Å². The van der Waals surface area contributed by atoms with E-state index < -0.39 is 5.54 Å². The number of carbonyl (C=O) groups is 2. The molecule has 0 radical (unpaired) electrons. The summed E-state index contributed by atoms with van der Waals surface area (Å²) in [7, 11) is 0. The van der Waals surface area contributed by atoms with Gasteiger partial charge in [-0.05, 0) is 74.2 Å². The molecule has 1 saturated heterocycles. The van der Waals surface area contributed by atoms with E-state index in [-0.39, 0.29) is 17.7 Å². The number of likely N-dealkylation sites (tertiary alicyclic amines) is 1. The molecule has 0 spiro atoms. The van der Waals surface area contributed by atoms with Crippen molar-refractivity contribution in [2.75, 3.05) is 6.54 Å². The van der Waals surface area contributed by atoms with Crippen molar-refractivity contribution in [2.24, 2.45) is 5.92 Å². The average Bonchev–Trinajstić information content (AvgIpc) is 3.36. The third-order valence-electron chi connectivity index (χ3n) is 7.66. The highest BCUT2D eigenvalue weighted by Gasteiger charge is 2.41. The lowest BCUT2D eigenvalue weighted by atomic mass is 9.74. The van der Waals surface area contributed by atoms with E-state index in [1.807, 2.05) is 43.0 Å². The lowest BCUT2D eigenvalue weighted by Gasteiger charge is -2.42. The number of ether oxygens (including phenoxy) is 1. The first kappa shape index (κ1) is 28.5. The fourth-order valence-electron chi connectivity index (χ4n) is 5.00. The van der Waals surface area contributed by atoms with Crippen molar-refractivity contribution >= 4 is 33.7 Å². The number of carbonyl (C=O) groups excluding carboxylic acids is 2. The summed E-state index contributed by atoms with van der Waals surface area (Å²) in [4.78, 5) is 32.2. The van der Waals surface area contributed by atoms with E-state index in [0.29, 0.717) is 52.2 Å². The third-order valence-corrected chi connectivity index (χ3v) is 8.79. The van der Waals surface area contributed by atoms with Gasteiger partial charge in [0.2, 0.25) is 5.91 Å². The molecule has 1 aliphatic heterocycles. The molecular weight excluding hydrogens is 534 g/mol. The summed E-state index contributed by atoms with van der Waals surface area (Å²) < 4.78 is 6.31. The summed E-state index contributed by atoms with van der Waals surface area (Å²) in [6.07, 6.45) is 5.84. The van der Waals surface area contributed by atoms with Gasteiger partial charge in [0.25, 0.3) is 5.91 Å². The van der Waals surface area contributed by atoms with Gasteiger partial charge in [0.15, 0.2) is 0 Å². The Hall–Kier alpha value is -3.98. The van der Waals surface area contributed by atoms with Crippen LogP contribution in [0.15, 0.2) is 66.9 Å². The van der Waals surface area contributed by atoms with Crippen LogP contribution in [-0.4, -0.2) is 38.3 Å². The summed E-state index contributed by atoms with van der Waals surface area (Å²) in [5.41, 5.74) is 2.39. The molecule has 8 nitrogen and oxygen atoms in total. The van der Waals surface area contributed by atoms with Gasteiger partial charge in [0.1, 0.15) is 16.5 Å². The van der Waals surface area contributed by atoms with Gasteiger partial charge in [0.05, 0.1) is 16.3 Å². The Labute approximate surface area is 244 Å². The minimum absolute atomic E-state index is 0.0662. The van der Waals surface area contributed by atoms with Crippen molar-refractivity contribution in [3.8, 4) is 11.5 Å². The topological polar surface area (TPSA) is 119 Å². The molecule has 5 rings (SSSR count). The van der Waals surface area contributed by atoms with Gasteiger partial charge in [-0.3, -0.25) is 25.4 Å². The largest absolute Gasteiger partial charge is 0.457 e. The number of amides is 2. The van der Waals surface area contributed by atoms with Gasteiger partial charge in [-0.15, -0.1) is 0 Å². The second-order valence-corrected chi connectivity index (χ2v) is 12.0. The Bertz CT molecular complexity index is 1450. The highest BCUT2D eigenvalue weighted by atomic mass is 32.2. The predicted octanol–water partition coefficient (Wildman–Crippen LogP) is 6.50. The second kappa shape index (κ2) is 12.3. The monoisotopic (exact) mass is 569 g/mol. The number of benzene rings is 2. The average molecular weight is 570 g/mol. The molecule has 0 unspecified atom stereocenters. The first-order valence-corrected chi connectivity index (χ1v) is 14.8. The molecule has 0 bridgehead atoms. The smallest absolute Gasteiger partial charge is 0.252 e. The van der Waals surface area contributed by atoms with Gasteiger partial charge in [-0.1, -0.05) is 37.7 Å². The molecule has 212 valence electrons. The SMILES string of the molecule is CC(C)C(=N)SC(=N)c1ccc(Oc2cc(C(=O)NC3(c4ccccn4)CCC3)ccc2CN2CCCC2=O)cc1. The Kier molecular flexibility index (Phi) is 8.54. The molecule has 1 aromatic heterocycles. The lowest BCUT2D eigenvalue weighted by Crippen LogP contribution is -2.51. The molecule has 2 aromatic carbocycles. The van der Waals surface area contributed by atoms with Crippen molar-refractivity contribution in [1.29, 1.82) is 10.8 Å². The summed E-state index contributed by atoms with van der Waals surface area (Å²) in [6, 6.07) is 18.3. The molecule has 9 heteroatoms. The minimum atomic E-state index is -0.468. The molecule has 3 N–H and O–H groups in total. The Morgan fingerprint density at radius 2 is 1.83 bits per heavy atom. The van der Waals surface area contributed by atoms with Crippen molar-refractivity contribution in [1.82, 2.24) is 15.2 Å². The maximum Gasteiger partial charge on any atom is 0.252 e. The van der Waals surface area contributed by atoms with Gasteiger partial charge >= 0.3 is 0 Å². The van der Waals surface area contributed by atoms with Gasteiger partial charge in [-0.25, -0.2) is 0 Å². The number of nitrogens with one attached hydrogen (secondary N) is 3. The van der Waals surface area contributed by atoms with Crippen molar-refractivity contribution in [3.63, 3.8) is 0 Å². The van der Waals surface area contributed by atoms with Gasteiger partial charge in [0, 0.05) is 48.3 Å². The molecule has 1 aliphatic carbocycles. The third kappa shape index (κ3) is 6.51. The molecule has 3 aromatic rings. The standard InChI is InChI=1S/C32H35N5O3S/c1-21(2)29(33)41-30(34)22-11-13-25(14-12-22)40-26-19-23(9-10-24(26)20-37-18-5-8-28(37)38)31(39)36-32(15-6-16-32)27-7-3-4-17-35-27/h3-4,7,9-14,17,19,21,33-34H,5-6,8,15-16,18,20H2,1-2H3,(H,36,39).